The van der Waals surface area contributed by atoms with Crippen LogP contribution in [0.2, 0.25) is 0 Å². The molecule has 0 saturated carbocycles. The summed E-state index contributed by atoms with van der Waals surface area (Å²) in [7, 11) is 0. The van der Waals surface area contributed by atoms with E-state index in [1.807, 2.05) is 0 Å². The Kier molecular flexibility index (Phi) is 6.20. The molecule has 0 aliphatic heterocycles. The molecule has 0 spiro atoms. The topological polar surface area (TPSA) is 63.3 Å². The third-order valence-electron chi connectivity index (χ3n) is 2.19. The molecule has 0 aromatic carbocycles. The van der Waals surface area contributed by atoms with Crippen LogP contribution in [0.5, 0.6) is 0 Å². The first-order valence-electron chi connectivity index (χ1n) is 5.00. The number of carbonyl (C=O) groups is 1. The van der Waals surface area contributed by atoms with Crippen molar-refractivity contribution in [3.8, 4) is 0 Å². The molecule has 0 radical (unpaired) electrons. The lowest BCUT2D eigenvalue weighted by Crippen LogP contribution is -2.33. The molecule has 0 heterocycles. The lowest BCUT2D eigenvalue weighted by atomic mass is 9.99. The lowest BCUT2D eigenvalue weighted by Gasteiger charge is -2.24. The summed E-state index contributed by atoms with van der Waals surface area (Å²) < 4.78 is -0.663. The number of carboxylic acids is 1. The number of rotatable bonds is 7. The summed E-state index contributed by atoms with van der Waals surface area (Å²) in [5.41, 5.74) is 5.38. The van der Waals surface area contributed by atoms with E-state index in [0.717, 1.165) is 6.42 Å². The van der Waals surface area contributed by atoms with Gasteiger partial charge in [0.2, 0.25) is 0 Å². The third-order valence-corrected chi connectivity index (χ3v) is 3.65. The van der Waals surface area contributed by atoms with Crippen LogP contribution in [-0.4, -0.2) is 28.1 Å². The van der Waals surface area contributed by atoms with Gasteiger partial charge in [-0.3, -0.25) is 4.79 Å². The first-order valence-corrected chi connectivity index (χ1v) is 5.98. The SMILES string of the molecule is CC(C)CCC(C)(SCCN)C(=O)O. The fourth-order valence-corrected chi connectivity index (χ4v) is 2.04. The molecule has 0 aliphatic rings. The molecule has 1 atom stereocenters. The highest BCUT2D eigenvalue weighted by Gasteiger charge is 2.32. The van der Waals surface area contributed by atoms with Gasteiger partial charge in [-0.1, -0.05) is 13.8 Å². The number of hydrogen-bond donors (Lipinski definition) is 2. The first kappa shape index (κ1) is 13.8. The Morgan fingerprint density at radius 1 is 1.57 bits per heavy atom. The van der Waals surface area contributed by atoms with Crippen molar-refractivity contribution in [1.82, 2.24) is 0 Å². The van der Waals surface area contributed by atoms with Crippen molar-refractivity contribution >= 4 is 17.7 Å². The van der Waals surface area contributed by atoms with E-state index in [0.29, 0.717) is 24.6 Å². The highest BCUT2D eigenvalue weighted by Crippen LogP contribution is 2.31. The van der Waals surface area contributed by atoms with Crippen LogP contribution in [0.3, 0.4) is 0 Å². The van der Waals surface area contributed by atoms with Gasteiger partial charge in [0.15, 0.2) is 0 Å². The Morgan fingerprint density at radius 3 is 2.50 bits per heavy atom. The summed E-state index contributed by atoms with van der Waals surface area (Å²) in [6.45, 7) is 6.54. The number of aliphatic carboxylic acids is 1. The van der Waals surface area contributed by atoms with Crippen LogP contribution >= 0.6 is 11.8 Å². The van der Waals surface area contributed by atoms with Gasteiger partial charge in [0.05, 0.1) is 0 Å². The Balaban J connectivity index is 4.17. The molecule has 0 bridgehead atoms. The summed E-state index contributed by atoms with van der Waals surface area (Å²) in [6, 6.07) is 0. The molecule has 0 rings (SSSR count). The molecular formula is C10H21NO2S. The highest BCUT2D eigenvalue weighted by atomic mass is 32.2. The van der Waals surface area contributed by atoms with E-state index < -0.39 is 10.7 Å². The highest BCUT2D eigenvalue weighted by molar-refractivity contribution is 8.01. The predicted octanol–water partition coefficient (Wildman–Crippen LogP) is 1.96. The molecule has 0 aromatic heterocycles. The van der Waals surface area contributed by atoms with Crippen LogP contribution < -0.4 is 5.73 Å². The third kappa shape index (κ3) is 4.86. The second-order valence-corrected chi connectivity index (χ2v) is 5.70. The molecule has 0 amide bonds. The van der Waals surface area contributed by atoms with Gasteiger partial charge in [-0.25, -0.2) is 0 Å². The predicted molar refractivity (Wildman–Crippen MR) is 61.6 cm³/mol. The van der Waals surface area contributed by atoms with Gasteiger partial charge in [-0.15, -0.1) is 11.8 Å². The molecule has 84 valence electrons. The van der Waals surface area contributed by atoms with Crippen molar-refractivity contribution < 1.29 is 9.90 Å². The van der Waals surface area contributed by atoms with Gasteiger partial charge < -0.3 is 10.8 Å². The second-order valence-electron chi connectivity index (χ2n) is 4.11. The lowest BCUT2D eigenvalue weighted by molar-refractivity contribution is -0.139. The summed E-state index contributed by atoms with van der Waals surface area (Å²) in [4.78, 5) is 11.1. The van der Waals surface area contributed by atoms with Crippen molar-refractivity contribution in [3.05, 3.63) is 0 Å². The van der Waals surface area contributed by atoms with Crippen LogP contribution in [0.15, 0.2) is 0 Å². The molecule has 14 heavy (non-hydrogen) atoms. The second kappa shape index (κ2) is 6.30. The molecular weight excluding hydrogens is 198 g/mol. The standard InChI is InChI=1S/C10H21NO2S/c1-8(2)4-5-10(3,9(12)13)14-7-6-11/h8H,4-7,11H2,1-3H3,(H,12,13). The zero-order valence-electron chi connectivity index (χ0n) is 9.25. The first-order chi connectivity index (χ1) is 6.42. The van der Waals surface area contributed by atoms with Crippen LogP contribution in [0.25, 0.3) is 0 Å². The van der Waals surface area contributed by atoms with Crippen LogP contribution in [0.4, 0.5) is 0 Å². The van der Waals surface area contributed by atoms with Crippen molar-refractivity contribution in [1.29, 1.82) is 0 Å². The molecule has 4 heteroatoms. The molecule has 0 fully saturated rings. The van der Waals surface area contributed by atoms with Crippen molar-refractivity contribution in [2.45, 2.75) is 38.4 Å². The summed E-state index contributed by atoms with van der Waals surface area (Å²) in [5.74, 6) is 0.532. The largest absolute Gasteiger partial charge is 0.480 e. The summed E-state index contributed by atoms with van der Waals surface area (Å²) in [6.07, 6.45) is 1.66. The molecule has 3 N–H and O–H groups in total. The van der Waals surface area contributed by atoms with E-state index in [9.17, 15) is 4.79 Å². The number of thioether (sulfide) groups is 1. The minimum absolute atomic E-state index is 0.537. The van der Waals surface area contributed by atoms with Gasteiger partial charge in [0.25, 0.3) is 0 Å². The van der Waals surface area contributed by atoms with E-state index in [-0.39, 0.29) is 0 Å². The van der Waals surface area contributed by atoms with Crippen molar-refractivity contribution in [2.75, 3.05) is 12.3 Å². The zero-order chi connectivity index (χ0) is 11.2. The van der Waals surface area contributed by atoms with Gasteiger partial charge in [-0.2, -0.15) is 0 Å². The smallest absolute Gasteiger partial charge is 0.319 e. The minimum Gasteiger partial charge on any atom is -0.480 e. The average molecular weight is 219 g/mol. The van der Waals surface area contributed by atoms with Crippen LogP contribution in [0.1, 0.15) is 33.6 Å². The normalized spacial score (nSPS) is 15.5. The maximum atomic E-state index is 11.1. The maximum absolute atomic E-state index is 11.1. The molecule has 0 saturated heterocycles. The quantitative estimate of drug-likeness (QED) is 0.687. The Morgan fingerprint density at radius 2 is 2.14 bits per heavy atom. The van der Waals surface area contributed by atoms with E-state index in [1.165, 1.54) is 11.8 Å². The van der Waals surface area contributed by atoms with E-state index >= 15 is 0 Å². The Hall–Kier alpha value is -0.220. The van der Waals surface area contributed by atoms with Gasteiger partial charge in [0, 0.05) is 12.3 Å². The monoisotopic (exact) mass is 219 g/mol. The fraction of sp³-hybridized carbons (Fsp3) is 0.900. The number of nitrogens with two attached hydrogens (primary N) is 1. The molecule has 0 aliphatic carbocycles. The molecule has 0 aromatic rings. The van der Waals surface area contributed by atoms with Crippen LogP contribution in [0, 0.1) is 5.92 Å². The Bertz CT molecular complexity index is 185. The van der Waals surface area contributed by atoms with Gasteiger partial charge >= 0.3 is 5.97 Å². The number of hydrogen-bond acceptors (Lipinski definition) is 3. The average Bonchev–Trinajstić information content (AvgIpc) is 2.11. The minimum atomic E-state index is -0.725. The van der Waals surface area contributed by atoms with Crippen molar-refractivity contribution in [3.63, 3.8) is 0 Å². The zero-order valence-corrected chi connectivity index (χ0v) is 10.1. The van der Waals surface area contributed by atoms with E-state index in [1.54, 1.807) is 6.92 Å². The summed E-state index contributed by atoms with van der Waals surface area (Å²) >= 11 is 1.45. The number of carboxylic acid groups (broad SMARTS) is 1. The van der Waals surface area contributed by atoms with Gasteiger partial charge in [0.1, 0.15) is 4.75 Å². The summed E-state index contributed by atoms with van der Waals surface area (Å²) in [5, 5.41) is 9.11. The van der Waals surface area contributed by atoms with E-state index in [2.05, 4.69) is 13.8 Å². The van der Waals surface area contributed by atoms with Gasteiger partial charge in [-0.05, 0) is 25.7 Å². The molecule has 3 nitrogen and oxygen atoms in total. The van der Waals surface area contributed by atoms with Crippen molar-refractivity contribution in [2.24, 2.45) is 11.7 Å². The molecule has 1 unspecified atom stereocenters. The Labute approximate surface area is 90.4 Å². The maximum Gasteiger partial charge on any atom is 0.319 e. The fourth-order valence-electron chi connectivity index (χ4n) is 1.09. The van der Waals surface area contributed by atoms with E-state index in [4.69, 9.17) is 10.8 Å². The van der Waals surface area contributed by atoms with Crippen LogP contribution in [-0.2, 0) is 4.79 Å².